The molecule has 6 rings (SSSR count). The zero-order valence-electron chi connectivity index (χ0n) is 22.5. The number of imide groups is 1. The fraction of sp³-hybridized carbons (Fsp3) is 0.172. The van der Waals surface area contributed by atoms with E-state index < -0.39 is 43.8 Å². The minimum absolute atomic E-state index is 0.0281. The molecule has 4 aromatic rings. The number of thiazole rings is 1. The maximum atomic E-state index is 13.9. The van der Waals surface area contributed by atoms with Gasteiger partial charge in [-0.2, -0.15) is 0 Å². The molecule has 0 radical (unpaired) electrons. The van der Waals surface area contributed by atoms with Gasteiger partial charge < -0.3 is 10.4 Å². The van der Waals surface area contributed by atoms with Crippen molar-refractivity contribution in [3.63, 3.8) is 0 Å². The molecule has 43 heavy (non-hydrogen) atoms. The number of benzene rings is 3. The number of fused-ring (bicyclic) bond motifs is 2. The summed E-state index contributed by atoms with van der Waals surface area (Å²) in [6.07, 6.45) is 0. The van der Waals surface area contributed by atoms with Gasteiger partial charge in [-0.3, -0.25) is 23.7 Å². The van der Waals surface area contributed by atoms with Gasteiger partial charge in [-0.05, 0) is 61.0 Å². The first kappa shape index (κ1) is 28.9. The number of primary sulfonamides is 1. The number of nitrogens with two attached hydrogens (primary N) is 1. The van der Waals surface area contributed by atoms with Crippen LogP contribution in [0.25, 0.3) is 0 Å². The number of thioether (sulfide) groups is 1. The molecule has 0 spiro atoms. The van der Waals surface area contributed by atoms with Crippen LogP contribution in [0.1, 0.15) is 21.9 Å². The number of aromatic nitrogens is 1. The molecule has 1 saturated heterocycles. The van der Waals surface area contributed by atoms with Crippen molar-refractivity contribution < 1.29 is 27.9 Å². The van der Waals surface area contributed by atoms with Crippen molar-refractivity contribution in [3.05, 3.63) is 98.5 Å². The van der Waals surface area contributed by atoms with E-state index in [0.717, 1.165) is 28.7 Å². The van der Waals surface area contributed by atoms with Crippen LogP contribution in [0, 0.1) is 12.8 Å². The number of hydrogen-bond donors (Lipinski definition) is 3. The average molecular weight is 637 g/mol. The predicted octanol–water partition coefficient (Wildman–Crippen LogP) is 3.01. The van der Waals surface area contributed by atoms with E-state index in [4.69, 9.17) is 5.14 Å². The maximum Gasteiger partial charge on any atom is 0.308 e. The Morgan fingerprint density at radius 1 is 0.953 bits per heavy atom. The monoisotopic (exact) mass is 636 g/mol. The van der Waals surface area contributed by atoms with Crippen molar-refractivity contribution in [2.45, 2.75) is 34.6 Å². The molecule has 3 amide bonds. The summed E-state index contributed by atoms with van der Waals surface area (Å²) in [5.74, 6) is -2.80. The first-order valence-electron chi connectivity index (χ1n) is 13.0. The van der Waals surface area contributed by atoms with Crippen LogP contribution in [0.2, 0.25) is 0 Å². The highest BCUT2D eigenvalue weighted by atomic mass is 32.2. The van der Waals surface area contributed by atoms with Gasteiger partial charge in [0.25, 0.3) is 0 Å². The van der Waals surface area contributed by atoms with Crippen LogP contribution in [0.4, 0.5) is 11.4 Å². The third kappa shape index (κ3) is 5.27. The second-order valence-electron chi connectivity index (χ2n) is 10.2. The molecule has 14 heteroatoms. The number of aromatic hydroxyl groups is 1. The minimum atomic E-state index is -3.90. The lowest BCUT2D eigenvalue weighted by Crippen LogP contribution is -2.33. The van der Waals surface area contributed by atoms with Gasteiger partial charge in [-0.1, -0.05) is 52.9 Å². The van der Waals surface area contributed by atoms with Gasteiger partial charge in [0.2, 0.25) is 27.7 Å². The Bertz CT molecular complexity index is 1930. The molecule has 2 aliphatic heterocycles. The zero-order valence-corrected chi connectivity index (χ0v) is 24.9. The van der Waals surface area contributed by atoms with Gasteiger partial charge >= 0.3 is 4.87 Å². The van der Waals surface area contributed by atoms with Gasteiger partial charge in [0.05, 0.1) is 21.5 Å². The highest BCUT2D eigenvalue weighted by molar-refractivity contribution is 8.00. The van der Waals surface area contributed by atoms with Crippen LogP contribution in [0.5, 0.6) is 5.75 Å². The number of rotatable bonds is 6. The van der Waals surface area contributed by atoms with Crippen LogP contribution in [-0.4, -0.2) is 41.1 Å². The molecular formula is C29H24N4O7S3. The molecule has 1 fully saturated rings. The Morgan fingerprint density at radius 3 is 2.23 bits per heavy atom. The van der Waals surface area contributed by atoms with Crippen molar-refractivity contribution in [2.24, 2.45) is 11.1 Å². The normalized spacial score (nSPS) is 19.7. The molecule has 1 aromatic heterocycles. The predicted molar refractivity (Wildman–Crippen MR) is 162 cm³/mol. The van der Waals surface area contributed by atoms with Crippen molar-refractivity contribution in [3.8, 4) is 5.75 Å². The van der Waals surface area contributed by atoms with E-state index in [9.17, 15) is 32.7 Å². The van der Waals surface area contributed by atoms with E-state index in [1.807, 2.05) is 19.1 Å². The van der Waals surface area contributed by atoms with Crippen LogP contribution < -0.4 is 20.2 Å². The van der Waals surface area contributed by atoms with Gasteiger partial charge in [0.15, 0.2) is 0 Å². The molecule has 3 heterocycles. The smallest absolute Gasteiger partial charge is 0.308 e. The van der Waals surface area contributed by atoms with E-state index in [0.29, 0.717) is 26.8 Å². The summed E-state index contributed by atoms with van der Waals surface area (Å²) in [6.45, 7) is 1.53. The van der Waals surface area contributed by atoms with Crippen LogP contribution in [0.3, 0.4) is 0 Å². The summed E-state index contributed by atoms with van der Waals surface area (Å²) in [5.41, 5.74) is 2.37. The molecule has 4 N–H and O–H groups in total. The molecular weight excluding hydrogens is 613 g/mol. The second kappa shape index (κ2) is 10.8. The van der Waals surface area contributed by atoms with Gasteiger partial charge in [0, 0.05) is 16.5 Å². The SMILES string of the molecule is Cc1ccc(N2C(=O)[C@@H]3[C@H](c4ccc(O)cc4)c4sc(=O)n(CC(=O)Nc5ccc(S(N)(=O)=O)cc5)c4S[C@@H]3C2=O)cc1. The molecule has 11 nitrogen and oxygen atoms in total. The molecule has 0 saturated carbocycles. The second-order valence-corrected chi connectivity index (χ2v) is 13.9. The van der Waals surface area contributed by atoms with E-state index in [2.05, 4.69) is 5.32 Å². The number of nitrogens with zero attached hydrogens (tertiary/aromatic N) is 2. The number of carbonyl (C=O) groups is 3. The fourth-order valence-electron chi connectivity index (χ4n) is 5.32. The highest BCUT2D eigenvalue weighted by Gasteiger charge is 2.56. The molecule has 0 aliphatic carbocycles. The summed E-state index contributed by atoms with van der Waals surface area (Å²) >= 11 is 2.00. The van der Waals surface area contributed by atoms with Gasteiger partial charge in [0.1, 0.15) is 17.5 Å². The van der Waals surface area contributed by atoms with E-state index in [1.165, 1.54) is 45.9 Å². The summed E-state index contributed by atoms with van der Waals surface area (Å²) in [7, 11) is -3.90. The Balaban J connectivity index is 1.36. The molecule has 3 aromatic carbocycles. The fourth-order valence-corrected chi connectivity index (χ4v) is 8.61. The number of carbonyl (C=O) groups excluding carboxylic acids is 3. The molecule has 3 atom stereocenters. The van der Waals surface area contributed by atoms with Gasteiger partial charge in [-0.15, -0.1) is 0 Å². The Labute approximate surface area is 254 Å². The molecule has 220 valence electrons. The summed E-state index contributed by atoms with van der Waals surface area (Å²) < 4.78 is 24.3. The van der Waals surface area contributed by atoms with Crippen molar-refractivity contribution in [1.29, 1.82) is 0 Å². The van der Waals surface area contributed by atoms with Crippen molar-refractivity contribution in [2.75, 3.05) is 10.2 Å². The number of aryl methyl sites for hydroxylation is 1. The Kier molecular flexibility index (Phi) is 7.24. The highest BCUT2D eigenvalue weighted by Crippen LogP contribution is 2.54. The number of amides is 3. The molecule has 0 bridgehead atoms. The van der Waals surface area contributed by atoms with E-state index in [1.54, 1.807) is 24.3 Å². The number of anilines is 2. The first-order chi connectivity index (χ1) is 20.4. The number of hydrogen-bond acceptors (Lipinski definition) is 9. The lowest BCUT2D eigenvalue weighted by Gasteiger charge is -2.30. The third-order valence-corrected chi connectivity index (χ3v) is 10.9. The van der Waals surface area contributed by atoms with Gasteiger partial charge in [-0.25, -0.2) is 18.5 Å². The number of phenolic OH excluding ortho intramolecular Hbond substituents is 1. The number of phenols is 1. The largest absolute Gasteiger partial charge is 0.508 e. The van der Waals surface area contributed by atoms with Crippen LogP contribution in [0.15, 0.2) is 87.5 Å². The maximum absolute atomic E-state index is 13.9. The summed E-state index contributed by atoms with van der Waals surface area (Å²) in [4.78, 5) is 55.2. The summed E-state index contributed by atoms with van der Waals surface area (Å²) in [6, 6.07) is 18.6. The Morgan fingerprint density at radius 2 is 1.60 bits per heavy atom. The third-order valence-electron chi connectivity index (χ3n) is 7.36. The topological polar surface area (TPSA) is 169 Å². The van der Waals surface area contributed by atoms with Crippen LogP contribution >= 0.6 is 23.1 Å². The molecule has 2 aliphatic rings. The summed E-state index contributed by atoms with van der Waals surface area (Å²) in [5, 5.41) is 17.2. The first-order valence-corrected chi connectivity index (χ1v) is 16.2. The van der Waals surface area contributed by atoms with Crippen molar-refractivity contribution in [1.82, 2.24) is 4.57 Å². The van der Waals surface area contributed by atoms with E-state index in [-0.39, 0.29) is 23.1 Å². The Hall–Kier alpha value is -4.24. The number of sulfonamides is 1. The van der Waals surface area contributed by atoms with Crippen LogP contribution in [-0.2, 0) is 31.0 Å². The average Bonchev–Trinajstić information content (AvgIpc) is 3.40. The minimum Gasteiger partial charge on any atom is -0.508 e. The number of nitrogens with one attached hydrogen (secondary N) is 1. The van der Waals surface area contributed by atoms with Crippen molar-refractivity contribution >= 4 is 62.2 Å². The standard InChI is InChI=1S/C29H24N4O7S3/c1-15-2-8-18(9-3-15)33-26(36)23-22(16-4-10-19(34)11-5-16)25-28(41-24(23)27(33)37)32(29(38)42-25)14-21(35)31-17-6-12-20(13-7-17)43(30,39)40/h2-13,22-24,34H,14H2,1H3,(H,31,35)(H2,30,39,40)/t22-,23+,24-/m0/s1. The quantitative estimate of drug-likeness (QED) is 0.271. The lowest BCUT2D eigenvalue weighted by atomic mass is 9.83. The zero-order chi connectivity index (χ0) is 30.6. The molecule has 0 unspecified atom stereocenters. The van der Waals surface area contributed by atoms with E-state index >= 15 is 0 Å². The lowest BCUT2D eigenvalue weighted by molar-refractivity contribution is -0.122.